The maximum atomic E-state index is 10.6. The zero-order chi connectivity index (χ0) is 7.72. The van der Waals surface area contributed by atoms with Gasteiger partial charge in [0, 0.05) is 11.8 Å². The fraction of sp³-hybridized carbons (Fsp3) is 0.286. The van der Waals surface area contributed by atoms with Crippen LogP contribution in [0.25, 0.3) is 0 Å². The van der Waals surface area contributed by atoms with Gasteiger partial charge in [-0.1, -0.05) is 0 Å². The highest BCUT2D eigenvalue weighted by molar-refractivity contribution is 7.13. The van der Waals surface area contributed by atoms with E-state index < -0.39 is 0 Å². The van der Waals surface area contributed by atoms with Crippen LogP contribution >= 0.6 is 11.3 Å². The van der Waals surface area contributed by atoms with Gasteiger partial charge >= 0.3 is 0 Å². The van der Waals surface area contributed by atoms with Crippen LogP contribution in [0.5, 0.6) is 0 Å². The summed E-state index contributed by atoms with van der Waals surface area (Å²) in [6.07, 6.45) is 0. The Morgan fingerprint density at radius 1 is 1.60 bits per heavy atom. The number of carbonyl (C=O) groups is 1. The monoisotopic (exact) mass is 154 g/mol. The molecule has 3 heteroatoms. The molecule has 10 heavy (non-hydrogen) atoms. The summed E-state index contributed by atoms with van der Waals surface area (Å²) in [4.78, 5) is 15.8. The Hall–Kier alpha value is -0.700. The van der Waals surface area contributed by atoms with E-state index in [-0.39, 0.29) is 5.78 Å². The van der Waals surface area contributed by atoms with E-state index in [1.807, 2.05) is 13.8 Å². The van der Waals surface area contributed by atoms with Gasteiger partial charge in [-0.15, -0.1) is 11.3 Å². The fourth-order valence-electron chi connectivity index (χ4n) is 0.592. The number of hydrogen-bond donors (Lipinski definition) is 0. The van der Waals surface area contributed by atoms with Crippen molar-refractivity contribution in [1.82, 2.24) is 4.98 Å². The first kappa shape index (κ1) is 7.41. The molecule has 0 spiro atoms. The summed E-state index contributed by atoms with van der Waals surface area (Å²) in [6.45, 7) is 7.10. The summed E-state index contributed by atoms with van der Waals surface area (Å²) in [6, 6.07) is 0. The second-order valence-electron chi connectivity index (χ2n) is 2.08. The van der Waals surface area contributed by atoms with Crippen LogP contribution in [0.4, 0.5) is 0 Å². The summed E-state index contributed by atoms with van der Waals surface area (Å²) < 4.78 is 0. The van der Waals surface area contributed by atoms with Gasteiger partial charge in [0.25, 0.3) is 0 Å². The third-order valence-electron chi connectivity index (χ3n) is 1.27. The van der Waals surface area contributed by atoms with Gasteiger partial charge in [0.05, 0.1) is 5.69 Å². The van der Waals surface area contributed by atoms with Crippen molar-refractivity contribution in [2.24, 2.45) is 0 Å². The van der Waals surface area contributed by atoms with Crippen molar-refractivity contribution in [3.63, 3.8) is 0 Å². The van der Waals surface area contributed by atoms with E-state index in [0.29, 0.717) is 5.01 Å². The van der Waals surface area contributed by atoms with Gasteiger partial charge in [0.2, 0.25) is 0 Å². The standard InChI is InChI=1S/C7H8NOS/c1-4-6(3)10-7(8-4)5(2)9/h2H2,1,3H3. The van der Waals surface area contributed by atoms with Crippen LogP contribution in [0.1, 0.15) is 20.4 Å². The predicted molar refractivity (Wildman–Crippen MR) is 41.3 cm³/mol. The lowest BCUT2D eigenvalue weighted by Gasteiger charge is -1.79. The molecule has 2 nitrogen and oxygen atoms in total. The van der Waals surface area contributed by atoms with Gasteiger partial charge in [-0.25, -0.2) is 4.98 Å². The SMILES string of the molecule is [CH2]C(=O)c1nc(C)c(C)s1. The highest BCUT2D eigenvalue weighted by Gasteiger charge is 2.06. The second kappa shape index (κ2) is 2.50. The highest BCUT2D eigenvalue weighted by Crippen LogP contribution is 2.16. The van der Waals surface area contributed by atoms with Crippen molar-refractivity contribution in [3.05, 3.63) is 22.5 Å². The molecule has 0 atom stereocenters. The molecular weight excluding hydrogens is 146 g/mol. The number of ketones is 1. The van der Waals surface area contributed by atoms with Crippen LogP contribution in [0.3, 0.4) is 0 Å². The van der Waals surface area contributed by atoms with Crippen molar-refractivity contribution in [3.8, 4) is 0 Å². The van der Waals surface area contributed by atoms with Gasteiger partial charge in [-0.3, -0.25) is 4.79 Å². The third-order valence-corrected chi connectivity index (χ3v) is 2.38. The molecule has 0 aliphatic heterocycles. The average Bonchev–Trinajstić information content (AvgIpc) is 2.13. The third kappa shape index (κ3) is 1.24. The Morgan fingerprint density at radius 3 is 2.40 bits per heavy atom. The molecule has 53 valence electrons. The van der Waals surface area contributed by atoms with Crippen LogP contribution in [-0.4, -0.2) is 10.8 Å². The normalized spacial score (nSPS) is 9.90. The summed E-state index contributed by atoms with van der Waals surface area (Å²) in [5.74, 6) is -0.193. The Morgan fingerprint density at radius 2 is 2.20 bits per heavy atom. The minimum Gasteiger partial charge on any atom is -0.292 e. The van der Waals surface area contributed by atoms with Gasteiger partial charge in [-0.2, -0.15) is 0 Å². The molecule has 0 aliphatic carbocycles. The average molecular weight is 154 g/mol. The van der Waals surface area contributed by atoms with E-state index in [4.69, 9.17) is 0 Å². The number of nitrogens with zero attached hydrogens (tertiary/aromatic N) is 1. The highest BCUT2D eigenvalue weighted by atomic mass is 32.1. The van der Waals surface area contributed by atoms with Crippen LogP contribution in [0, 0.1) is 20.8 Å². The van der Waals surface area contributed by atoms with E-state index in [2.05, 4.69) is 11.9 Å². The minimum absolute atomic E-state index is 0.193. The quantitative estimate of drug-likeness (QED) is 0.577. The van der Waals surface area contributed by atoms with Gasteiger partial charge in [0.1, 0.15) is 0 Å². The molecule has 0 fully saturated rings. The lowest BCUT2D eigenvalue weighted by Crippen LogP contribution is -1.89. The number of thiazole rings is 1. The molecule has 0 saturated heterocycles. The van der Waals surface area contributed by atoms with E-state index in [0.717, 1.165) is 10.6 Å². The molecule has 1 heterocycles. The van der Waals surface area contributed by atoms with Crippen molar-refractivity contribution in [2.45, 2.75) is 13.8 Å². The Kier molecular flexibility index (Phi) is 1.85. The maximum Gasteiger partial charge on any atom is 0.191 e. The Balaban J connectivity index is 3.10. The van der Waals surface area contributed by atoms with Crippen molar-refractivity contribution in [1.29, 1.82) is 0 Å². The maximum absolute atomic E-state index is 10.6. The number of hydrogen-bond acceptors (Lipinski definition) is 3. The summed E-state index contributed by atoms with van der Waals surface area (Å²) >= 11 is 1.40. The van der Waals surface area contributed by atoms with Crippen LogP contribution in [0.2, 0.25) is 0 Å². The molecule has 1 radical (unpaired) electrons. The summed E-state index contributed by atoms with van der Waals surface area (Å²) in [5.41, 5.74) is 0.928. The van der Waals surface area contributed by atoms with E-state index in [1.54, 1.807) is 0 Å². The minimum atomic E-state index is -0.193. The molecule has 1 rings (SSSR count). The topological polar surface area (TPSA) is 30.0 Å². The van der Waals surface area contributed by atoms with E-state index >= 15 is 0 Å². The van der Waals surface area contributed by atoms with Gasteiger partial charge < -0.3 is 0 Å². The largest absolute Gasteiger partial charge is 0.292 e. The second-order valence-corrected chi connectivity index (χ2v) is 3.29. The van der Waals surface area contributed by atoms with Crippen LogP contribution in [-0.2, 0) is 0 Å². The van der Waals surface area contributed by atoms with E-state index in [1.165, 1.54) is 11.3 Å². The Labute approximate surface area is 63.9 Å². The zero-order valence-electron chi connectivity index (χ0n) is 5.97. The molecule has 0 unspecified atom stereocenters. The van der Waals surface area contributed by atoms with Gasteiger partial charge in [-0.05, 0) is 13.8 Å². The number of Topliss-reactive ketones (excluding diaryl/α,β-unsaturated/α-hetero) is 1. The number of aromatic nitrogens is 1. The zero-order valence-corrected chi connectivity index (χ0v) is 6.79. The molecule has 0 bridgehead atoms. The number of aryl methyl sites for hydroxylation is 2. The molecule has 0 saturated carbocycles. The summed E-state index contributed by atoms with van der Waals surface area (Å²) in [7, 11) is 0. The Bertz CT molecular complexity index is 245. The van der Waals surface area contributed by atoms with Gasteiger partial charge in [0.15, 0.2) is 10.8 Å². The smallest absolute Gasteiger partial charge is 0.191 e. The first-order valence-corrected chi connectivity index (χ1v) is 3.73. The van der Waals surface area contributed by atoms with E-state index in [9.17, 15) is 4.79 Å². The summed E-state index contributed by atoms with van der Waals surface area (Å²) in [5, 5.41) is 0.509. The van der Waals surface area contributed by atoms with Crippen molar-refractivity contribution < 1.29 is 4.79 Å². The lowest BCUT2D eigenvalue weighted by molar-refractivity contribution is 0.104. The molecule has 1 aromatic rings. The van der Waals surface area contributed by atoms with Crippen molar-refractivity contribution in [2.75, 3.05) is 0 Å². The first-order chi connectivity index (χ1) is 4.61. The predicted octanol–water partition coefficient (Wildman–Crippen LogP) is 1.78. The molecule has 0 aromatic carbocycles. The molecule has 0 amide bonds. The molecule has 0 N–H and O–H groups in total. The van der Waals surface area contributed by atoms with Crippen LogP contribution < -0.4 is 0 Å². The number of carbonyl (C=O) groups excluding carboxylic acids is 1. The molecule has 1 aromatic heterocycles. The van der Waals surface area contributed by atoms with Crippen molar-refractivity contribution >= 4 is 17.1 Å². The first-order valence-electron chi connectivity index (χ1n) is 2.91. The number of rotatable bonds is 1. The fourth-order valence-corrected chi connectivity index (χ4v) is 1.37. The molecular formula is C7H8NOS. The molecule has 0 aliphatic rings. The lowest BCUT2D eigenvalue weighted by atomic mass is 10.4. The van der Waals surface area contributed by atoms with Crippen LogP contribution in [0.15, 0.2) is 0 Å².